The molecule has 0 aliphatic carbocycles. The summed E-state index contributed by atoms with van der Waals surface area (Å²) in [5.41, 5.74) is 0.832. The van der Waals surface area contributed by atoms with Crippen LogP contribution in [-0.2, 0) is 0 Å². The highest BCUT2D eigenvalue weighted by Gasteiger charge is 2.12. The van der Waals surface area contributed by atoms with Crippen LogP contribution < -0.4 is 0 Å². The van der Waals surface area contributed by atoms with E-state index in [0.717, 1.165) is 34.6 Å². The van der Waals surface area contributed by atoms with Gasteiger partial charge in [0.05, 0.1) is 0 Å². The van der Waals surface area contributed by atoms with E-state index >= 15 is 0 Å². The monoisotopic (exact) mass is 296 g/mol. The van der Waals surface area contributed by atoms with Crippen LogP contribution in [0.15, 0.2) is 54.6 Å². The molecule has 2 heteroatoms. The Morgan fingerprint density at radius 2 is 1.52 bits per heavy atom. The summed E-state index contributed by atoms with van der Waals surface area (Å²) < 4.78 is 0. The summed E-state index contributed by atoms with van der Waals surface area (Å²) in [4.78, 5) is 12.5. The zero-order valence-corrected chi connectivity index (χ0v) is 12.6. The van der Waals surface area contributed by atoms with Gasteiger partial charge >= 0.3 is 0 Å². The molecule has 0 unspecified atom stereocenters. The molecule has 0 spiro atoms. The van der Waals surface area contributed by atoms with Gasteiger partial charge in [0.2, 0.25) is 0 Å². The maximum absolute atomic E-state index is 12.5. The van der Waals surface area contributed by atoms with Crippen molar-refractivity contribution in [3.05, 3.63) is 60.2 Å². The van der Waals surface area contributed by atoms with Crippen LogP contribution >= 0.6 is 11.6 Å². The van der Waals surface area contributed by atoms with Gasteiger partial charge < -0.3 is 0 Å². The van der Waals surface area contributed by atoms with Gasteiger partial charge in [-0.3, -0.25) is 4.79 Å². The molecule has 0 aliphatic rings. The molecular formula is C19H17ClO. The van der Waals surface area contributed by atoms with Crippen molar-refractivity contribution in [1.29, 1.82) is 0 Å². The molecule has 106 valence electrons. The first kappa shape index (κ1) is 14.1. The van der Waals surface area contributed by atoms with Crippen LogP contribution in [0, 0.1) is 0 Å². The summed E-state index contributed by atoms with van der Waals surface area (Å²) >= 11 is 5.69. The van der Waals surface area contributed by atoms with Gasteiger partial charge in [0.1, 0.15) is 0 Å². The standard InChI is InChI=1S/C19H17ClO/c20-12-6-5-11-19(21)18-13-14-7-1-2-8-15(14)16-9-3-4-10-17(16)18/h1-4,7-10,13H,5-6,11-12H2. The molecule has 0 fully saturated rings. The SMILES string of the molecule is O=C(CCCCCl)c1cc2ccccc2c2ccccc12. The maximum atomic E-state index is 12.5. The Balaban J connectivity index is 2.14. The summed E-state index contributed by atoms with van der Waals surface area (Å²) in [5.74, 6) is 0.827. The third kappa shape index (κ3) is 2.79. The summed E-state index contributed by atoms with van der Waals surface area (Å²) in [5, 5.41) is 4.52. The minimum Gasteiger partial charge on any atom is -0.294 e. The number of benzene rings is 3. The highest BCUT2D eigenvalue weighted by atomic mass is 35.5. The number of rotatable bonds is 5. The van der Waals surface area contributed by atoms with E-state index in [0.29, 0.717) is 12.3 Å². The van der Waals surface area contributed by atoms with E-state index in [4.69, 9.17) is 11.6 Å². The van der Waals surface area contributed by atoms with E-state index in [1.54, 1.807) is 0 Å². The lowest BCUT2D eigenvalue weighted by Crippen LogP contribution is -2.00. The Morgan fingerprint density at radius 1 is 0.857 bits per heavy atom. The number of Topliss-reactive ketones (excluding diaryl/α,β-unsaturated/α-hetero) is 1. The Kier molecular flexibility index (Phi) is 4.21. The van der Waals surface area contributed by atoms with Crippen LogP contribution in [0.3, 0.4) is 0 Å². The molecule has 0 amide bonds. The number of alkyl halides is 1. The van der Waals surface area contributed by atoms with Gasteiger partial charge in [-0.2, -0.15) is 0 Å². The van der Waals surface area contributed by atoms with E-state index < -0.39 is 0 Å². The molecule has 0 N–H and O–H groups in total. The van der Waals surface area contributed by atoms with Crippen molar-refractivity contribution in [1.82, 2.24) is 0 Å². The molecule has 0 aliphatic heterocycles. The second-order valence-electron chi connectivity index (χ2n) is 5.26. The largest absolute Gasteiger partial charge is 0.294 e. The van der Waals surface area contributed by atoms with Gasteiger partial charge in [0.25, 0.3) is 0 Å². The molecule has 0 radical (unpaired) electrons. The van der Waals surface area contributed by atoms with Gasteiger partial charge in [-0.25, -0.2) is 0 Å². The van der Waals surface area contributed by atoms with Crippen LogP contribution in [0.25, 0.3) is 21.5 Å². The summed E-state index contributed by atoms with van der Waals surface area (Å²) in [6.07, 6.45) is 2.30. The molecule has 3 rings (SSSR count). The number of halogens is 1. The third-order valence-corrected chi connectivity index (χ3v) is 4.12. The molecule has 0 atom stereocenters. The predicted octanol–water partition coefficient (Wildman–Crippen LogP) is 5.58. The Hall–Kier alpha value is -1.86. The number of hydrogen-bond acceptors (Lipinski definition) is 1. The lowest BCUT2D eigenvalue weighted by molar-refractivity contribution is 0.0981. The number of carbonyl (C=O) groups is 1. The minimum absolute atomic E-state index is 0.210. The van der Waals surface area contributed by atoms with Crippen molar-refractivity contribution in [3.63, 3.8) is 0 Å². The van der Waals surface area contributed by atoms with Gasteiger partial charge in [0, 0.05) is 17.9 Å². The van der Waals surface area contributed by atoms with Crippen LogP contribution in [0.2, 0.25) is 0 Å². The number of unbranched alkanes of at least 4 members (excludes halogenated alkanes) is 1. The van der Waals surface area contributed by atoms with Crippen LogP contribution in [0.4, 0.5) is 0 Å². The van der Waals surface area contributed by atoms with Gasteiger partial charge in [-0.1, -0.05) is 48.5 Å². The van der Waals surface area contributed by atoms with Crippen molar-refractivity contribution < 1.29 is 4.79 Å². The van der Waals surface area contributed by atoms with Crippen molar-refractivity contribution in [2.75, 3.05) is 5.88 Å². The fourth-order valence-electron chi connectivity index (χ4n) is 2.80. The Morgan fingerprint density at radius 3 is 2.29 bits per heavy atom. The van der Waals surface area contributed by atoms with Gasteiger partial charge in [-0.15, -0.1) is 11.6 Å². The van der Waals surface area contributed by atoms with Gasteiger partial charge in [-0.05, 0) is 40.5 Å². The van der Waals surface area contributed by atoms with E-state index in [9.17, 15) is 4.79 Å². The fourth-order valence-corrected chi connectivity index (χ4v) is 2.99. The van der Waals surface area contributed by atoms with Crippen molar-refractivity contribution in [2.24, 2.45) is 0 Å². The quantitative estimate of drug-likeness (QED) is 0.260. The molecule has 21 heavy (non-hydrogen) atoms. The molecular weight excluding hydrogens is 280 g/mol. The van der Waals surface area contributed by atoms with E-state index in [2.05, 4.69) is 18.2 Å². The molecule has 0 aromatic heterocycles. The first-order valence-electron chi connectivity index (χ1n) is 7.31. The first-order chi connectivity index (χ1) is 10.3. The van der Waals surface area contributed by atoms with E-state index in [-0.39, 0.29) is 5.78 Å². The first-order valence-corrected chi connectivity index (χ1v) is 7.84. The molecule has 0 saturated carbocycles. The molecule has 0 heterocycles. The molecule has 3 aromatic rings. The fraction of sp³-hybridized carbons (Fsp3) is 0.211. The number of carbonyl (C=O) groups excluding carboxylic acids is 1. The second kappa shape index (κ2) is 6.28. The Bertz CT molecular complexity index is 792. The molecule has 0 bridgehead atoms. The van der Waals surface area contributed by atoms with E-state index in [1.165, 1.54) is 5.39 Å². The molecule has 1 nitrogen and oxygen atoms in total. The lowest BCUT2D eigenvalue weighted by atomic mass is 9.94. The maximum Gasteiger partial charge on any atom is 0.163 e. The summed E-state index contributed by atoms with van der Waals surface area (Å²) in [7, 11) is 0. The van der Waals surface area contributed by atoms with Crippen molar-refractivity contribution in [3.8, 4) is 0 Å². The van der Waals surface area contributed by atoms with Crippen LogP contribution in [0.5, 0.6) is 0 Å². The highest BCUT2D eigenvalue weighted by Crippen LogP contribution is 2.29. The molecule has 0 saturated heterocycles. The zero-order valence-electron chi connectivity index (χ0n) is 11.8. The zero-order chi connectivity index (χ0) is 14.7. The summed E-state index contributed by atoms with van der Waals surface area (Å²) in [6.45, 7) is 0. The Labute approximate surface area is 129 Å². The second-order valence-corrected chi connectivity index (χ2v) is 5.64. The minimum atomic E-state index is 0.210. The normalized spacial score (nSPS) is 11.1. The topological polar surface area (TPSA) is 17.1 Å². The van der Waals surface area contributed by atoms with E-state index in [1.807, 2.05) is 36.4 Å². The number of ketones is 1. The van der Waals surface area contributed by atoms with Crippen molar-refractivity contribution in [2.45, 2.75) is 19.3 Å². The van der Waals surface area contributed by atoms with Crippen LogP contribution in [0.1, 0.15) is 29.6 Å². The third-order valence-electron chi connectivity index (χ3n) is 3.86. The van der Waals surface area contributed by atoms with Crippen LogP contribution in [-0.4, -0.2) is 11.7 Å². The average Bonchev–Trinajstić information content (AvgIpc) is 2.54. The van der Waals surface area contributed by atoms with Crippen molar-refractivity contribution >= 4 is 38.9 Å². The average molecular weight is 297 g/mol. The number of fused-ring (bicyclic) bond motifs is 3. The highest BCUT2D eigenvalue weighted by molar-refractivity contribution is 6.18. The lowest BCUT2D eigenvalue weighted by Gasteiger charge is -2.09. The van der Waals surface area contributed by atoms with Gasteiger partial charge in [0.15, 0.2) is 5.78 Å². The predicted molar refractivity (Wildman–Crippen MR) is 90.4 cm³/mol. The summed E-state index contributed by atoms with van der Waals surface area (Å²) in [6, 6.07) is 18.4. The smallest absolute Gasteiger partial charge is 0.163 e. The number of hydrogen-bond donors (Lipinski definition) is 0. The molecule has 3 aromatic carbocycles.